The summed E-state index contributed by atoms with van der Waals surface area (Å²) in [6, 6.07) is 0.442. The van der Waals surface area contributed by atoms with Gasteiger partial charge in [0.25, 0.3) is 0 Å². The largest absolute Gasteiger partial charge is 0.338 e. The second-order valence-electron chi connectivity index (χ2n) is 6.09. The quantitative estimate of drug-likeness (QED) is 0.735. The van der Waals surface area contributed by atoms with E-state index in [1.54, 1.807) is 0 Å². The van der Waals surface area contributed by atoms with Crippen LogP contribution in [0.25, 0.3) is 0 Å². The normalized spacial score (nSPS) is 23.4. The van der Waals surface area contributed by atoms with Crippen LogP contribution in [0.4, 0.5) is 4.79 Å². The van der Waals surface area contributed by atoms with Crippen LogP contribution in [0.15, 0.2) is 0 Å². The zero-order valence-electron chi connectivity index (χ0n) is 12.0. The Labute approximate surface area is 117 Å². The van der Waals surface area contributed by atoms with E-state index in [9.17, 15) is 4.79 Å². The van der Waals surface area contributed by atoms with Crippen LogP contribution in [-0.2, 0) is 0 Å². The van der Waals surface area contributed by atoms with Crippen molar-refractivity contribution in [3.63, 3.8) is 0 Å². The minimum atomic E-state index is 0.0455. The Bertz CT molecular complexity index is 256. The third-order valence-corrected chi connectivity index (χ3v) is 4.45. The van der Waals surface area contributed by atoms with Crippen molar-refractivity contribution in [2.24, 2.45) is 5.92 Å². The third-order valence-electron chi connectivity index (χ3n) is 4.45. The number of amides is 2. The van der Waals surface area contributed by atoms with Crippen molar-refractivity contribution in [3.8, 4) is 0 Å². The van der Waals surface area contributed by atoms with Gasteiger partial charge in [-0.05, 0) is 44.7 Å². The van der Waals surface area contributed by atoms with Gasteiger partial charge in [-0.2, -0.15) is 0 Å². The van der Waals surface area contributed by atoms with E-state index in [1.165, 1.54) is 44.9 Å². The van der Waals surface area contributed by atoms with Crippen LogP contribution in [0.2, 0.25) is 0 Å². The van der Waals surface area contributed by atoms with Crippen LogP contribution in [0.5, 0.6) is 0 Å². The second-order valence-corrected chi connectivity index (χ2v) is 6.09. The van der Waals surface area contributed by atoms with Gasteiger partial charge in [0.2, 0.25) is 0 Å². The summed E-state index contributed by atoms with van der Waals surface area (Å²) in [7, 11) is 0. The standard InChI is InChI=1S/C15H29N3O/c19-15(17-12-13-8-10-16-11-9-13)18-14-6-4-2-1-3-5-7-14/h13-14,16H,1-12H2,(H2,17,18,19). The molecule has 1 heterocycles. The number of urea groups is 1. The number of carbonyl (C=O) groups excluding carboxylic acids is 1. The van der Waals surface area contributed by atoms with Gasteiger partial charge < -0.3 is 16.0 Å². The van der Waals surface area contributed by atoms with E-state index in [1.807, 2.05) is 0 Å². The molecule has 0 spiro atoms. The smallest absolute Gasteiger partial charge is 0.315 e. The minimum Gasteiger partial charge on any atom is -0.338 e. The van der Waals surface area contributed by atoms with Gasteiger partial charge in [0.1, 0.15) is 0 Å². The van der Waals surface area contributed by atoms with Crippen molar-refractivity contribution in [3.05, 3.63) is 0 Å². The monoisotopic (exact) mass is 267 g/mol. The molecule has 1 saturated carbocycles. The van der Waals surface area contributed by atoms with Crippen molar-refractivity contribution in [1.29, 1.82) is 0 Å². The first-order chi connectivity index (χ1) is 9.34. The summed E-state index contributed by atoms with van der Waals surface area (Å²) >= 11 is 0. The molecule has 0 atom stereocenters. The SMILES string of the molecule is O=C(NCC1CCNCC1)NC1CCCCCCC1. The fourth-order valence-electron chi connectivity index (χ4n) is 3.16. The van der Waals surface area contributed by atoms with E-state index >= 15 is 0 Å². The van der Waals surface area contributed by atoms with Crippen LogP contribution in [-0.4, -0.2) is 31.7 Å². The number of nitrogens with one attached hydrogen (secondary N) is 3. The summed E-state index contributed by atoms with van der Waals surface area (Å²) in [6.45, 7) is 3.02. The molecule has 1 aliphatic carbocycles. The maximum atomic E-state index is 11.9. The molecule has 0 aromatic carbocycles. The predicted molar refractivity (Wildman–Crippen MR) is 78.2 cm³/mol. The minimum absolute atomic E-state index is 0.0455. The highest BCUT2D eigenvalue weighted by Gasteiger charge is 2.16. The number of carbonyl (C=O) groups is 1. The summed E-state index contributed by atoms with van der Waals surface area (Å²) in [6.07, 6.45) is 11.2. The Morgan fingerprint density at radius 1 is 0.947 bits per heavy atom. The van der Waals surface area contributed by atoms with E-state index in [2.05, 4.69) is 16.0 Å². The Hall–Kier alpha value is -0.770. The maximum Gasteiger partial charge on any atom is 0.315 e. The summed E-state index contributed by atoms with van der Waals surface area (Å²) in [5.74, 6) is 0.657. The molecule has 2 aliphatic rings. The highest BCUT2D eigenvalue weighted by Crippen LogP contribution is 2.17. The molecule has 2 fully saturated rings. The van der Waals surface area contributed by atoms with Crippen LogP contribution in [0, 0.1) is 5.92 Å². The van der Waals surface area contributed by atoms with Crippen molar-refractivity contribution >= 4 is 6.03 Å². The van der Waals surface area contributed by atoms with Crippen molar-refractivity contribution in [2.75, 3.05) is 19.6 Å². The molecule has 0 unspecified atom stereocenters. The first-order valence-corrected chi connectivity index (χ1v) is 8.09. The molecule has 110 valence electrons. The summed E-state index contributed by atoms with van der Waals surface area (Å²) < 4.78 is 0. The van der Waals surface area contributed by atoms with Gasteiger partial charge in [-0.3, -0.25) is 0 Å². The molecule has 2 amide bonds. The van der Waals surface area contributed by atoms with E-state index in [0.29, 0.717) is 12.0 Å². The van der Waals surface area contributed by atoms with Crippen LogP contribution >= 0.6 is 0 Å². The summed E-state index contributed by atoms with van der Waals surface area (Å²) in [5, 5.41) is 9.57. The molecular formula is C15H29N3O. The van der Waals surface area contributed by atoms with E-state index < -0.39 is 0 Å². The number of rotatable bonds is 3. The van der Waals surface area contributed by atoms with Gasteiger partial charge in [0.15, 0.2) is 0 Å². The summed E-state index contributed by atoms with van der Waals surface area (Å²) in [5.41, 5.74) is 0. The number of hydrogen-bond donors (Lipinski definition) is 3. The van der Waals surface area contributed by atoms with Gasteiger partial charge in [-0.1, -0.05) is 32.1 Å². The number of piperidine rings is 1. The molecule has 1 aliphatic heterocycles. The molecule has 0 aromatic heterocycles. The zero-order chi connectivity index (χ0) is 13.3. The highest BCUT2D eigenvalue weighted by molar-refractivity contribution is 5.74. The fourth-order valence-corrected chi connectivity index (χ4v) is 3.16. The Morgan fingerprint density at radius 2 is 1.58 bits per heavy atom. The fraction of sp³-hybridized carbons (Fsp3) is 0.933. The molecule has 0 aromatic rings. The lowest BCUT2D eigenvalue weighted by molar-refractivity contribution is 0.230. The van der Waals surface area contributed by atoms with Crippen molar-refractivity contribution in [2.45, 2.75) is 63.8 Å². The van der Waals surface area contributed by atoms with Gasteiger partial charge >= 0.3 is 6.03 Å². The topological polar surface area (TPSA) is 53.2 Å². The zero-order valence-corrected chi connectivity index (χ0v) is 12.0. The average molecular weight is 267 g/mol. The van der Waals surface area contributed by atoms with Crippen LogP contribution in [0.1, 0.15) is 57.8 Å². The molecule has 3 N–H and O–H groups in total. The molecule has 4 nitrogen and oxygen atoms in total. The van der Waals surface area contributed by atoms with Crippen molar-refractivity contribution in [1.82, 2.24) is 16.0 Å². The Kier molecular flexibility index (Phi) is 6.48. The Balaban J connectivity index is 1.61. The first-order valence-electron chi connectivity index (χ1n) is 8.09. The average Bonchev–Trinajstić information content (AvgIpc) is 2.41. The van der Waals surface area contributed by atoms with Gasteiger partial charge in [0, 0.05) is 12.6 Å². The molecule has 0 radical (unpaired) electrons. The summed E-state index contributed by atoms with van der Waals surface area (Å²) in [4.78, 5) is 11.9. The Morgan fingerprint density at radius 3 is 2.26 bits per heavy atom. The molecule has 2 rings (SSSR count). The molecule has 1 saturated heterocycles. The lowest BCUT2D eigenvalue weighted by Gasteiger charge is -2.24. The lowest BCUT2D eigenvalue weighted by atomic mass is 9.97. The van der Waals surface area contributed by atoms with Crippen LogP contribution < -0.4 is 16.0 Å². The second kappa shape index (κ2) is 8.41. The molecule has 19 heavy (non-hydrogen) atoms. The van der Waals surface area contributed by atoms with Crippen LogP contribution in [0.3, 0.4) is 0 Å². The maximum absolute atomic E-state index is 11.9. The van der Waals surface area contributed by atoms with Gasteiger partial charge in [0.05, 0.1) is 0 Å². The van der Waals surface area contributed by atoms with E-state index in [0.717, 1.165) is 32.5 Å². The number of hydrogen-bond acceptors (Lipinski definition) is 2. The predicted octanol–water partition coefficient (Wildman–Crippen LogP) is 2.40. The molecular weight excluding hydrogens is 238 g/mol. The van der Waals surface area contributed by atoms with Crippen molar-refractivity contribution < 1.29 is 4.79 Å². The highest BCUT2D eigenvalue weighted by atomic mass is 16.2. The lowest BCUT2D eigenvalue weighted by Crippen LogP contribution is -2.45. The molecule has 4 heteroatoms. The van der Waals surface area contributed by atoms with E-state index in [-0.39, 0.29) is 6.03 Å². The van der Waals surface area contributed by atoms with E-state index in [4.69, 9.17) is 0 Å². The first kappa shape index (κ1) is 14.6. The van der Waals surface area contributed by atoms with Gasteiger partial charge in [-0.15, -0.1) is 0 Å². The third kappa shape index (κ3) is 5.81. The van der Waals surface area contributed by atoms with Gasteiger partial charge in [-0.25, -0.2) is 4.79 Å². The molecule has 0 bridgehead atoms.